The van der Waals surface area contributed by atoms with Crippen molar-refractivity contribution in [1.82, 2.24) is 9.88 Å². The summed E-state index contributed by atoms with van der Waals surface area (Å²) < 4.78 is 1.78. The molecule has 0 aromatic carbocycles. The minimum Gasteiger partial charge on any atom is -0.479 e. The number of aliphatic hydroxyl groups is 1. The van der Waals surface area contributed by atoms with Gasteiger partial charge in [0.15, 0.2) is 6.10 Å². The molecule has 0 radical (unpaired) electrons. The lowest BCUT2D eigenvalue weighted by Crippen LogP contribution is -2.31. The highest BCUT2D eigenvalue weighted by Gasteiger charge is 2.14. The SMILES string of the molecule is CCn1cccc1C(=O)NCC[C@H](O)C(=O)O. The van der Waals surface area contributed by atoms with E-state index < -0.39 is 12.1 Å². The first kappa shape index (κ1) is 13.2. The maximum Gasteiger partial charge on any atom is 0.332 e. The number of carbonyl (C=O) groups excluding carboxylic acids is 1. The second-order valence-electron chi connectivity index (χ2n) is 3.58. The van der Waals surface area contributed by atoms with Gasteiger partial charge in [0.2, 0.25) is 0 Å². The van der Waals surface area contributed by atoms with E-state index in [1.54, 1.807) is 22.9 Å². The third kappa shape index (κ3) is 3.60. The van der Waals surface area contributed by atoms with Crippen LogP contribution in [0.4, 0.5) is 0 Å². The number of rotatable bonds is 6. The van der Waals surface area contributed by atoms with Crippen LogP contribution in [0.3, 0.4) is 0 Å². The molecule has 1 aromatic heterocycles. The summed E-state index contributed by atoms with van der Waals surface area (Å²) in [7, 11) is 0. The number of carboxylic acids is 1. The Labute approximate surface area is 98.9 Å². The smallest absolute Gasteiger partial charge is 0.332 e. The molecule has 1 heterocycles. The molecule has 0 bridgehead atoms. The lowest BCUT2D eigenvalue weighted by atomic mass is 10.2. The number of aryl methyl sites for hydroxylation is 1. The number of aromatic nitrogens is 1. The van der Waals surface area contributed by atoms with Crippen molar-refractivity contribution >= 4 is 11.9 Å². The second kappa shape index (κ2) is 6.05. The van der Waals surface area contributed by atoms with E-state index in [0.29, 0.717) is 12.2 Å². The van der Waals surface area contributed by atoms with Gasteiger partial charge in [-0.2, -0.15) is 0 Å². The molecule has 0 saturated carbocycles. The van der Waals surface area contributed by atoms with Crippen LogP contribution in [0.1, 0.15) is 23.8 Å². The Bertz CT molecular complexity index is 400. The number of nitrogens with zero attached hydrogens (tertiary/aromatic N) is 1. The highest BCUT2D eigenvalue weighted by Crippen LogP contribution is 2.02. The Morgan fingerprint density at radius 1 is 1.53 bits per heavy atom. The zero-order valence-electron chi connectivity index (χ0n) is 9.59. The summed E-state index contributed by atoms with van der Waals surface area (Å²) in [5.41, 5.74) is 0.525. The Morgan fingerprint density at radius 2 is 2.24 bits per heavy atom. The van der Waals surface area contributed by atoms with Crippen LogP contribution in [0.2, 0.25) is 0 Å². The van der Waals surface area contributed by atoms with Crippen LogP contribution in [-0.4, -0.2) is 39.3 Å². The van der Waals surface area contributed by atoms with Crippen molar-refractivity contribution < 1.29 is 19.8 Å². The maximum absolute atomic E-state index is 11.7. The zero-order valence-corrected chi connectivity index (χ0v) is 9.59. The lowest BCUT2D eigenvalue weighted by molar-refractivity contribution is -0.146. The monoisotopic (exact) mass is 240 g/mol. The first-order valence-corrected chi connectivity index (χ1v) is 5.40. The molecule has 0 aliphatic heterocycles. The van der Waals surface area contributed by atoms with Crippen LogP contribution in [0.25, 0.3) is 0 Å². The standard InChI is InChI=1S/C11H16N2O4/c1-2-13-7-3-4-8(13)10(15)12-6-5-9(14)11(16)17/h3-4,7,9,14H,2,5-6H2,1H3,(H,12,15)(H,16,17)/t9-/m0/s1. The summed E-state index contributed by atoms with van der Waals surface area (Å²) in [6, 6.07) is 3.46. The van der Waals surface area contributed by atoms with Crippen molar-refractivity contribution in [3.8, 4) is 0 Å². The number of nitrogens with one attached hydrogen (secondary N) is 1. The molecular weight excluding hydrogens is 224 g/mol. The average molecular weight is 240 g/mol. The van der Waals surface area contributed by atoms with Crippen LogP contribution in [0.15, 0.2) is 18.3 Å². The Balaban J connectivity index is 2.43. The number of amides is 1. The molecule has 6 heteroatoms. The van der Waals surface area contributed by atoms with Crippen LogP contribution in [0.5, 0.6) is 0 Å². The molecule has 6 nitrogen and oxygen atoms in total. The third-order valence-corrected chi connectivity index (χ3v) is 2.39. The number of hydrogen-bond donors (Lipinski definition) is 3. The third-order valence-electron chi connectivity index (χ3n) is 2.39. The van der Waals surface area contributed by atoms with E-state index in [2.05, 4.69) is 5.32 Å². The predicted molar refractivity (Wildman–Crippen MR) is 60.7 cm³/mol. The zero-order chi connectivity index (χ0) is 12.8. The van der Waals surface area contributed by atoms with Gasteiger partial charge in [-0.25, -0.2) is 4.79 Å². The number of carboxylic acid groups (broad SMARTS) is 1. The van der Waals surface area contributed by atoms with E-state index in [1.807, 2.05) is 6.92 Å². The van der Waals surface area contributed by atoms with Crippen molar-refractivity contribution in [1.29, 1.82) is 0 Å². The largest absolute Gasteiger partial charge is 0.479 e. The normalized spacial score (nSPS) is 12.1. The summed E-state index contributed by atoms with van der Waals surface area (Å²) in [6.45, 7) is 2.74. The van der Waals surface area contributed by atoms with Crippen molar-refractivity contribution in [2.45, 2.75) is 26.0 Å². The Morgan fingerprint density at radius 3 is 2.82 bits per heavy atom. The number of aliphatic hydroxyl groups excluding tert-OH is 1. The van der Waals surface area contributed by atoms with E-state index in [0.717, 1.165) is 0 Å². The highest BCUT2D eigenvalue weighted by atomic mass is 16.4. The molecule has 3 N–H and O–H groups in total. The van der Waals surface area contributed by atoms with Gasteiger partial charge in [0.25, 0.3) is 5.91 Å². The average Bonchev–Trinajstić information content (AvgIpc) is 2.76. The Kier molecular flexibility index (Phi) is 4.71. The molecule has 0 spiro atoms. The molecule has 0 fully saturated rings. The lowest BCUT2D eigenvalue weighted by Gasteiger charge is -2.09. The molecule has 0 saturated heterocycles. The van der Waals surface area contributed by atoms with Gasteiger partial charge in [0.05, 0.1) is 0 Å². The molecule has 94 valence electrons. The predicted octanol–water partition coefficient (Wildman–Crippen LogP) is 0.0734. The fourth-order valence-electron chi connectivity index (χ4n) is 1.43. The first-order valence-electron chi connectivity index (χ1n) is 5.40. The fraction of sp³-hybridized carbons (Fsp3) is 0.455. The van der Waals surface area contributed by atoms with Crippen LogP contribution < -0.4 is 5.32 Å². The second-order valence-corrected chi connectivity index (χ2v) is 3.58. The summed E-state index contributed by atoms with van der Waals surface area (Å²) >= 11 is 0. The van der Waals surface area contributed by atoms with Crippen molar-refractivity contribution in [3.05, 3.63) is 24.0 Å². The minimum absolute atomic E-state index is 0.00604. The molecule has 0 aliphatic carbocycles. The molecule has 17 heavy (non-hydrogen) atoms. The highest BCUT2D eigenvalue weighted by molar-refractivity contribution is 5.92. The van der Waals surface area contributed by atoms with Gasteiger partial charge in [-0.15, -0.1) is 0 Å². The van der Waals surface area contributed by atoms with Crippen LogP contribution in [-0.2, 0) is 11.3 Å². The summed E-state index contributed by atoms with van der Waals surface area (Å²) in [6.07, 6.45) is 0.350. The molecule has 0 unspecified atom stereocenters. The number of aliphatic carboxylic acids is 1. The molecule has 0 aliphatic rings. The molecule has 1 atom stereocenters. The first-order chi connectivity index (χ1) is 8.06. The molecular formula is C11H16N2O4. The fourth-order valence-corrected chi connectivity index (χ4v) is 1.43. The van der Waals surface area contributed by atoms with Gasteiger partial charge in [-0.1, -0.05) is 0 Å². The van der Waals surface area contributed by atoms with Gasteiger partial charge in [-0.05, 0) is 19.1 Å². The van der Waals surface area contributed by atoms with Gasteiger partial charge in [0, 0.05) is 25.7 Å². The summed E-state index contributed by atoms with van der Waals surface area (Å²) in [5.74, 6) is -1.55. The number of carbonyl (C=O) groups is 2. The summed E-state index contributed by atoms with van der Waals surface area (Å²) in [5, 5.41) is 20.0. The molecule has 1 aromatic rings. The van der Waals surface area contributed by atoms with Crippen LogP contribution >= 0.6 is 0 Å². The maximum atomic E-state index is 11.7. The minimum atomic E-state index is -1.44. The van der Waals surface area contributed by atoms with Crippen LogP contribution in [0, 0.1) is 0 Å². The van der Waals surface area contributed by atoms with Gasteiger partial charge < -0.3 is 20.1 Å². The van der Waals surface area contributed by atoms with E-state index in [-0.39, 0.29) is 18.9 Å². The van der Waals surface area contributed by atoms with E-state index in [4.69, 9.17) is 10.2 Å². The van der Waals surface area contributed by atoms with Crippen molar-refractivity contribution in [2.24, 2.45) is 0 Å². The summed E-state index contributed by atoms with van der Waals surface area (Å²) in [4.78, 5) is 22.0. The van der Waals surface area contributed by atoms with Crippen molar-refractivity contribution in [2.75, 3.05) is 6.54 Å². The topological polar surface area (TPSA) is 91.6 Å². The van der Waals surface area contributed by atoms with E-state index >= 15 is 0 Å². The number of hydrogen-bond acceptors (Lipinski definition) is 3. The van der Waals surface area contributed by atoms with Gasteiger partial charge in [0.1, 0.15) is 5.69 Å². The van der Waals surface area contributed by atoms with E-state index in [1.165, 1.54) is 0 Å². The molecule has 1 amide bonds. The van der Waals surface area contributed by atoms with E-state index in [9.17, 15) is 9.59 Å². The quantitative estimate of drug-likeness (QED) is 0.656. The molecule has 1 rings (SSSR count). The van der Waals surface area contributed by atoms with Crippen molar-refractivity contribution in [3.63, 3.8) is 0 Å². The Hall–Kier alpha value is -1.82. The van der Waals surface area contributed by atoms with Gasteiger partial charge >= 0.3 is 5.97 Å². The van der Waals surface area contributed by atoms with Gasteiger partial charge in [-0.3, -0.25) is 4.79 Å².